The van der Waals surface area contributed by atoms with Gasteiger partial charge >= 0.3 is 6.18 Å². The Balaban J connectivity index is 1.76. The van der Waals surface area contributed by atoms with Gasteiger partial charge in [0.15, 0.2) is 5.69 Å². The summed E-state index contributed by atoms with van der Waals surface area (Å²) in [5.74, 6) is -0.828. The maximum Gasteiger partial charge on any atom is 0.405 e. The molecule has 1 saturated heterocycles. The highest BCUT2D eigenvalue weighted by atomic mass is 19.4. The monoisotopic (exact) mass is 386 g/mol. The molecule has 2 aromatic rings. The summed E-state index contributed by atoms with van der Waals surface area (Å²) in [6.07, 6.45) is -4.50. The van der Waals surface area contributed by atoms with Gasteiger partial charge < -0.3 is 10.6 Å². The molecule has 1 unspecified atom stereocenters. The first-order chi connectivity index (χ1) is 12.8. The largest absolute Gasteiger partial charge is 0.405 e. The first-order valence-electron chi connectivity index (χ1n) is 8.19. The van der Waals surface area contributed by atoms with Crippen molar-refractivity contribution in [3.05, 3.63) is 34.0 Å². The molecule has 9 nitrogen and oxygen atoms in total. The standard InChI is InChI=1S/C15H17F3N6O3/c16-15(17,18)12(23-5-3-19-4-6-23)8-20-14(25)13-10-7-9(24(26)27)1-2-11(10)21-22-13/h1-2,7,12,19H,3-6,8H2,(H,20,25)(H,21,22). The molecule has 1 aromatic heterocycles. The van der Waals surface area contributed by atoms with Crippen molar-refractivity contribution in [3.8, 4) is 0 Å². The van der Waals surface area contributed by atoms with Crippen molar-refractivity contribution < 1.29 is 22.9 Å². The van der Waals surface area contributed by atoms with E-state index in [4.69, 9.17) is 0 Å². The van der Waals surface area contributed by atoms with E-state index in [1.54, 1.807) is 0 Å². The van der Waals surface area contributed by atoms with E-state index in [1.807, 2.05) is 0 Å². The average molecular weight is 386 g/mol. The number of benzene rings is 1. The Labute approximate surface area is 151 Å². The minimum Gasteiger partial charge on any atom is -0.349 e. The minimum absolute atomic E-state index is 0.174. The summed E-state index contributed by atoms with van der Waals surface area (Å²) in [6, 6.07) is 1.97. The van der Waals surface area contributed by atoms with Gasteiger partial charge in [0.2, 0.25) is 0 Å². The van der Waals surface area contributed by atoms with Gasteiger partial charge in [0.25, 0.3) is 11.6 Å². The molecule has 146 valence electrons. The molecule has 1 amide bonds. The highest BCUT2D eigenvalue weighted by Gasteiger charge is 2.44. The van der Waals surface area contributed by atoms with Crippen LogP contribution in [0.25, 0.3) is 10.9 Å². The fourth-order valence-electron chi connectivity index (χ4n) is 3.01. The lowest BCUT2D eigenvalue weighted by Crippen LogP contribution is -2.57. The normalized spacial score (nSPS) is 17.0. The number of alkyl halides is 3. The number of H-pyrrole nitrogens is 1. The number of nitrogens with zero attached hydrogens (tertiary/aromatic N) is 3. The fraction of sp³-hybridized carbons (Fsp3) is 0.467. The predicted molar refractivity (Wildman–Crippen MR) is 89.4 cm³/mol. The summed E-state index contributed by atoms with van der Waals surface area (Å²) < 4.78 is 40.1. The molecule has 2 heterocycles. The summed E-state index contributed by atoms with van der Waals surface area (Å²) in [5.41, 5.74) is -0.0536. The molecule has 0 spiro atoms. The second-order valence-corrected chi connectivity index (χ2v) is 6.11. The molecule has 0 bridgehead atoms. The maximum absolute atomic E-state index is 13.4. The molecule has 1 aliphatic heterocycles. The smallest absolute Gasteiger partial charge is 0.349 e. The summed E-state index contributed by atoms with van der Waals surface area (Å²) in [7, 11) is 0. The van der Waals surface area contributed by atoms with Crippen LogP contribution in [-0.4, -0.2) is 70.9 Å². The number of hydrogen-bond acceptors (Lipinski definition) is 6. The van der Waals surface area contributed by atoms with Gasteiger partial charge in [-0.2, -0.15) is 18.3 Å². The molecule has 0 saturated carbocycles. The number of aromatic nitrogens is 2. The zero-order valence-electron chi connectivity index (χ0n) is 14.0. The molecule has 1 aromatic carbocycles. The zero-order valence-corrected chi connectivity index (χ0v) is 14.0. The quantitative estimate of drug-likeness (QED) is 0.522. The second-order valence-electron chi connectivity index (χ2n) is 6.11. The predicted octanol–water partition coefficient (Wildman–Crippen LogP) is 1.04. The van der Waals surface area contributed by atoms with Crippen molar-refractivity contribution in [1.29, 1.82) is 0 Å². The Bertz CT molecular complexity index is 847. The summed E-state index contributed by atoms with van der Waals surface area (Å²) in [6.45, 7) is 0.684. The number of carbonyl (C=O) groups excluding carboxylic acids is 1. The lowest BCUT2D eigenvalue weighted by atomic mass is 10.1. The van der Waals surface area contributed by atoms with Crippen molar-refractivity contribution >= 4 is 22.5 Å². The van der Waals surface area contributed by atoms with Crippen LogP contribution in [0.3, 0.4) is 0 Å². The number of nitro benzene ring substituents is 1. The first kappa shape index (κ1) is 19.0. The summed E-state index contributed by atoms with van der Waals surface area (Å²) in [5, 5.41) is 22.6. The lowest BCUT2D eigenvalue weighted by molar-refractivity contribution is -0.384. The van der Waals surface area contributed by atoms with Gasteiger partial charge in [0, 0.05) is 50.2 Å². The van der Waals surface area contributed by atoms with E-state index in [0.29, 0.717) is 18.6 Å². The van der Waals surface area contributed by atoms with Crippen LogP contribution in [-0.2, 0) is 0 Å². The molecule has 1 aliphatic rings. The van der Waals surface area contributed by atoms with Crippen molar-refractivity contribution in [3.63, 3.8) is 0 Å². The van der Waals surface area contributed by atoms with Crippen molar-refractivity contribution in [2.75, 3.05) is 32.7 Å². The van der Waals surface area contributed by atoms with Gasteiger partial charge in [-0.25, -0.2) is 0 Å². The third kappa shape index (κ3) is 4.17. The van der Waals surface area contributed by atoms with E-state index < -0.39 is 29.6 Å². The number of amides is 1. The van der Waals surface area contributed by atoms with Gasteiger partial charge in [-0.1, -0.05) is 0 Å². The number of non-ortho nitro benzene ring substituents is 1. The molecule has 0 radical (unpaired) electrons. The number of rotatable bonds is 5. The number of hydrogen-bond donors (Lipinski definition) is 3. The Hall–Kier alpha value is -2.73. The zero-order chi connectivity index (χ0) is 19.6. The summed E-state index contributed by atoms with van der Waals surface area (Å²) in [4.78, 5) is 23.9. The highest BCUT2D eigenvalue weighted by Crippen LogP contribution is 2.25. The molecule has 3 N–H and O–H groups in total. The van der Waals surface area contributed by atoms with Gasteiger partial charge in [0.1, 0.15) is 6.04 Å². The van der Waals surface area contributed by atoms with Gasteiger partial charge in [-0.3, -0.25) is 24.9 Å². The molecule has 27 heavy (non-hydrogen) atoms. The van der Waals surface area contributed by atoms with E-state index in [1.165, 1.54) is 17.0 Å². The van der Waals surface area contributed by atoms with Gasteiger partial charge in [-0.05, 0) is 6.07 Å². The molecule has 1 fully saturated rings. The van der Waals surface area contributed by atoms with E-state index >= 15 is 0 Å². The number of aromatic amines is 1. The minimum atomic E-state index is -4.50. The number of carbonyl (C=O) groups is 1. The van der Waals surface area contributed by atoms with Crippen LogP contribution in [0.15, 0.2) is 18.2 Å². The molecule has 0 aliphatic carbocycles. The van der Waals surface area contributed by atoms with E-state index in [9.17, 15) is 28.1 Å². The Morgan fingerprint density at radius 2 is 2.07 bits per heavy atom. The second kappa shape index (κ2) is 7.48. The van der Waals surface area contributed by atoms with Crippen LogP contribution in [0.4, 0.5) is 18.9 Å². The average Bonchev–Trinajstić information content (AvgIpc) is 3.04. The van der Waals surface area contributed by atoms with Crippen LogP contribution in [0.5, 0.6) is 0 Å². The van der Waals surface area contributed by atoms with Gasteiger partial charge in [0.05, 0.1) is 10.4 Å². The number of nitro groups is 1. The maximum atomic E-state index is 13.4. The first-order valence-corrected chi connectivity index (χ1v) is 8.19. The van der Waals surface area contributed by atoms with E-state index in [-0.39, 0.29) is 29.9 Å². The Kier molecular flexibility index (Phi) is 5.28. The van der Waals surface area contributed by atoms with E-state index in [0.717, 1.165) is 6.07 Å². The van der Waals surface area contributed by atoms with Gasteiger partial charge in [-0.15, -0.1) is 0 Å². The van der Waals surface area contributed by atoms with Crippen molar-refractivity contribution in [1.82, 2.24) is 25.7 Å². The topological polar surface area (TPSA) is 116 Å². The Morgan fingerprint density at radius 1 is 1.37 bits per heavy atom. The fourth-order valence-corrected chi connectivity index (χ4v) is 3.01. The molecular weight excluding hydrogens is 369 g/mol. The molecule has 3 rings (SSSR count). The number of nitrogens with one attached hydrogen (secondary N) is 3. The van der Waals surface area contributed by atoms with Crippen molar-refractivity contribution in [2.45, 2.75) is 12.2 Å². The van der Waals surface area contributed by atoms with Crippen LogP contribution in [0.2, 0.25) is 0 Å². The van der Waals surface area contributed by atoms with E-state index in [2.05, 4.69) is 20.8 Å². The summed E-state index contributed by atoms with van der Waals surface area (Å²) >= 11 is 0. The van der Waals surface area contributed by atoms with Crippen molar-refractivity contribution in [2.24, 2.45) is 0 Å². The third-order valence-corrected chi connectivity index (χ3v) is 4.40. The van der Waals surface area contributed by atoms with Crippen LogP contribution >= 0.6 is 0 Å². The SMILES string of the molecule is O=C(NCC(N1CCNCC1)C(F)(F)F)c1n[nH]c2ccc([N+](=O)[O-])cc12. The van der Waals surface area contributed by atoms with Crippen LogP contribution < -0.4 is 10.6 Å². The third-order valence-electron chi connectivity index (χ3n) is 4.40. The highest BCUT2D eigenvalue weighted by molar-refractivity contribution is 6.05. The number of halogens is 3. The Morgan fingerprint density at radius 3 is 2.70 bits per heavy atom. The lowest BCUT2D eigenvalue weighted by Gasteiger charge is -2.35. The molecular formula is C15H17F3N6O3. The van der Waals surface area contributed by atoms with Crippen LogP contribution in [0.1, 0.15) is 10.5 Å². The molecule has 1 atom stereocenters. The van der Waals surface area contributed by atoms with Crippen LogP contribution in [0, 0.1) is 10.1 Å². The molecule has 12 heteroatoms. The number of fused-ring (bicyclic) bond motifs is 1. The number of piperazine rings is 1.